The van der Waals surface area contributed by atoms with E-state index < -0.39 is 5.60 Å². The van der Waals surface area contributed by atoms with Gasteiger partial charge in [-0.15, -0.1) is 0 Å². The van der Waals surface area contributed by atoms with Gasteiger partial charge in [0.05, 0.1) is 5.52 Å². The van der Waals surface area contributed by atoms with Crippen molar-refractivity contribution in [2.24, 2.45) is 5.73 Å². The van der Waals surface area contributed by atoms with Crippen molar-refractivity contribution in [2.45, 2.75) is 45.8 Å². The molecule has 0 saturated heterocycles. The van der Waals surface area contributed by atoms with Gasteiger partial charge in [-0.05, 0) is 39.3 Å². The summed E-state index contributed by atoms with van der Waals surface area (Å²) in [6, 6.07) is 9.52. The molecule has 4 nitrogen and oxygen atoms in total. The van der Waals surface area contributed by atoms with Gasteiger partial charge < -0.3 is 10.5 Å². The lowest BCUT2D eigenvalue weighted by atomic mass is 10.1. The molecule has 0 aliphatic rings. The molecule has 0 bridgehead atoms. The minimum absolute atomic E-state index is 0.185. The Balaban J connectivity index is 2.56. The molecular formula is C16H22N2O2. The van der Waals surface area contributed by atoms with Crippen LogP contribution in [0.4, 0.5) is 4.79 Å². The van der Waals surface area contributed by atoms with E-state index in [0.717, 1.165) is 23.0 Å². The summed E-state index contributed by atoms with van der Waals surface area (Å²) < 4.78 is 7.09. The first-order valence-corrected chi connectivity index (χ1v) is 6.93. The van der Waals surface area contributed by atoms with E-state index in [0.29, 0.717) is 0 Å². The molecule has 108 valence electrons. The smallest absolute Gasteiger partial charge is 0.419 e. The third-order valence-electron chi connectivity index (χ3n) is 3.14. The number of nitrogens with two attached hydrogens (primary N) is 1. The zero-order valence-electron chi connectivity index (χ0n) is 12.5. The predicted molar refractivity (Wildman–Crippen MR) is 80.8 cm³/mol. The number of fused-ring (bicyclic) bond motifs is 1. The number of carbonyl (C=O) groups is 1. The Morgan fingerprint density at radius 1 is 1.35 bits per heavy atom. The van der Waals surface area contributed by atoms with Gasteiger partial charge >= 0.3 is 6.09 Å². The molecular weight excluding hydrogens is 252 g/mol. The summed E-state index contributed by atoms with van der Waals surface area (Å²) in [6.45, 7) is 7.57. The minimum Gasteiger partial charge on any atom is -0.443 e. The van der Waals surface area contributed by atoms with Crippen LogP contribution in [0.25, 0.3) is 10.9 Å². The van der Waals surface area contributed by atoms with Crippen LogP contribution in [0, 0.1) is 0 Å². The van der Waals surface area contributed by atoms with Gasteiger partial charge in [0, 0.05) is 17.1 Å². The third-order valence-corrected chi connectivity index (χ3v) is 3.14. The van der Waals surface area contributed by atoms with Crippen LogP contribution >= 0.6 is 0 Å². The lowest BCUT2D eigenvalue weighted by Gasteiger charge is -2.22. The van der Waals surface area contributed by atoms with Gasteiger partial charge in [0.15, 0.2) is 0 Å². The van der Waals surface area contributed by atoms with Crippen molar-refractivity contribution >= 4 is 17.0 Å². The van der Waals surface area contributed by atoms with Crippen molar-refractivity contribution in [3.05, 3.63) is 36.0 Å². The highest BCUT2D eigenvalue weighted by molar-refractivity contribution is 5.91. The van der Waals surface area contributed by atoms with Gasteiger partial charge in [-0.1, -0.05) is 25.1 Å². The van der Waals surface area contributed by atoms with Gasteiger partial charge in [0.2, 0.25) is 0 Å². The number of rotatable bonds is 2. The number of aromatic nitrogens is 1. The molecule has 0 aliphatic carbocycles. The monoisotopic (exact) mass is 274 g/mol. The van der Waals surface area contributed by atoms with Crippen LogP contribution < -0.4 is 5.73 Å². The Labute approximate surface area is 119 Å². The standard InChI is InChI=1S/C16H22N2O2/c1-5-12(17)14-10-11-8-6-7-9-13(11)18(14)15(19)20-16(2,3)4/h6-10,12H,5,17H2,1-4H3. The number of para-hydroxylation sites is 1. The fourth-order valence-electron chi connectivity index (χ4n) is 2.17. The van der Waals surface area contributed by atoms with Gasteiger partial charge in [-0.3, -0.25) is 0 Å². The average molecular weight is 274 g/mol. The molecule has 2 N–H and O–H groups in total. The Morgan fingerprint density at radius 3 is 2.60 bits per heavy atom. The van der Waals surface area contributed by atoms with Crippen molar-refractivity contribution in [1.82, 2.24) is 4.57 Å². The van der Waals surface area contributed by atoms with E-state index in [9.17, 15) is 4.79 Å². The highest BCUT2D eigenvalue weighted by Crippen LogP contribution is 2.26. The second kappa shape index (κ2) is 5.29. The molecule has 0 fully saturated rings. The maximum absolute atomic E-state index is 12.5. The predicted octanol–water partition coefficient (Wildman–Crippen LogP) is 3.83. The van der Waals surface area contributed by atoms with Gasteiger partial charge in [0.25, 0.3) is 0 Å². The van der Waals surface area contributed by atoms with E-state index in [2.05, 4.69) is 0 Å². The van der Waals surface area contributed by atoms with Crippen molar-refractivity contribution in [3.8, 4) is 0 Å². The zero-order valence-corrected chi connectivity index (χ0v) is 12.5. The lowest BCUT2D eigenvalue weighted by molar-refractivity contribution is 0.0538. The summed E-state index contributed by atoms with van der Waals surface area (Å²) in [6.07, 6.45) is 0.386. The molecule has 1 unspecified atom stereocenters. The van der Waals surface area contributed by atoms with Crippen molar-refractivity contribution in [2.75, 3.05) is 0 Å². The van der Waals surface area contributed by atoms with E-state index in [-0.39, 0.29) is 12.1 Å². The lowest BCUT2D eigenvalue weighted by Crippen LogP contribution is -2.29. The molecule has 0 aliphatic heterocycles. The number of benzene rings is 1. The first-order valence-electron chi connectivity index (χ1n) is 6.93. The highest BCUT2D eigenvalue weighted by atomic mass is 16.6. The fourth-order valence-corrected chi connectivity index (χ4v) is 2.17. The number of hydrogen-bond donors (Lipinski definition) is 1. The fraction of sp³-hybridized carbons (Fsp3) is 0.438. The molecule has 0 amide bonds. The molecule has 1 heterocycles. The number of ether oxygens (including phenoxy) is 1. The van der Waals surface area contributed by atoms with Crippen molar-refractivity contribution < 1.29 is 9.53 Å². The maximum Gasteiger partial charge on any atom is 0.419 e. The molecule has 1 aromatic heterocycles. The van der Waals surface area contributed by atoms with Crippen LogP contribution in [0.5, 0.6) is 0 Å². The Bertz CT molecular complexity index is 623. The number of carbonyl (C=O) groups excluding carboxylic acids is 1. The summed E-state index contributed by atoms with van der Waals surface area (Å²) in [5, 5.41) is 0.997. The summed E-state index contributed by atoms with van der Waals surface area (Å²) in [4.78, 5) is 12.5. The van der Waals surface area contributed by atoms with Crippen LogP contribution in [0.1, 0.15) is 45.9 Å². The molecule has 4 heteroatoms. The van der Waals surface area contributed by atoms with Crippen molar-refractivity contribution in [3.63, 3.8) is 0 Å². The molecule has 0 spiro atoms. The summed E-state index contributed by atoms with van der Waals surface area (Å²) in [5.74, 6) is 0. The third kappa shape index (κ3) is 2.85. The average Bonchev–Trinajstić information content (AvgIpc) is 2.75. The SMILES string of the molecule is CCC(N)c1cc2ccccc2n1C(=O)OC(C)(C)C. The minimum atomic E-state index is -0.532. The van der Waals surface area contributed by atoms with E-state index in [1.54, 1.807) is 4.57 Å². The quantitative estimate of drug-likeness (QED) is 0.905. The van der Waals surface area contributed by atoms with Gasteiger partial charge in [-0.2, -0.15) is 0 Å². The molecule has 2 rings (SSSR count). The second-order valence-electron chi connectivity index (χ2n) is 5.96. The van der Waals surface area contributed by atoms with Crippen LogP contribution in [0.3, 0.4) is 0 Å². The molecule has 0 saturated carbocycles. The van der Waals surface area contributed by atoms with E-state index in [4.69, 9.17) is 10.5 Å². The molecule has 2 aromatic rings. The van der Waals surface area contributed by atoms with Crippen LogP contribution in [-0.4, -0.2) is 16.3 Å². The van der Waals surface area contributed by atoms with Gasteiger partial charge in [-0.25, -0.2) is 9.36 Å². The zero-order chi connectivity index (χ0) is 14.9. The Hall–Kier alpha value is -1.81. The molecule has 1 aromatic carbocycles. The van der Waals surface area contributed by atoms with E-state index >= 15 is 0 Å². The van der Waals surface area contributed by atoms with Gasteiger partial charge in [0.1, 0.15) is 5.60 Å². The van der Waals surface area contributed by atoms with Crippen LogP contribution in [0.2, 0.25) is 0 Å². The number of nitrogens with zero attached hydrogens (tertiary/aromatic N) is 1. The highest BCUT2D eigenvalue weighted by Gasteiger charge is 2.23. The topological polar surface area (TPSA) is 57.2 Å². The first kappa shape index (κ1) is 14.6. The maximum atomic E-state index is 12.5. The molecule has 1 atom stereocenters. The summed E-state index contributed by atoms with van der Waals surface area (Å²) >= 11 is 0. The largest absolute Gasteiger partial charge is 0.443 e. The Kier molecular flexibility index (Phi) is 3.86. The van der Waals surface area contributed by atoms with Crippen LogP contribution in [-0.2, 0) is 4.74 Å². The van der Waals surface area contributed by atoms with Crippen molar-refractivity contribution in [1.29, 1.82) is 0 Å². The van der Waals surface area contributed by atoms with E-state index in [1.807, 2.05) is 58.0 Å². The second-order valence-corrected chi connectivity index (χ2v) is 5.96. The normalized spacial score (nSPS) is 13.4. The first-order chi connectivity index (χ1) is 9.33. The summed E-state index contributed by atoms with van der Waals surface area (Å²) in [7, 11) is 0. The number of hydrogen-bond acceptors (Lipinski definition) is 3. The molecule has 20 heavy (non-hydrogen) atoms. The summed E-state index contributed by atoms with van der Waals surface area (Å²) in [5.41, 5.74) is 7.23. The van der Waals surface area contributed by atoms with Crippen LogP contribution in [0.15, 0.2) is 30.3 Å². The van der Waals surface area contributed by atoms with E-state index in [1.165, 1.54) is 0 Å². The molecule has 0 radical (unpaired) electrons. The Morgan fingerprint density at radius 2 is 2.00 bits per heavy atom.